The summed E-state index contributed by atoms with van der Waals surface area (Å²) in [4.78, 5) is 32.5. The van der Waals surface area contributed by atoms with Gasteiger partial charge in [-0.25, -0.2) is 4.98 Å². The average Bonchev–Trinajstić information content (AvgIpc) is 3.12. The quantitative estimate of drug-likeness (QED) is 0.430. The van der Waals surface area contributed by atoms with Gasteiger partial charge < -0.3 is 10.1 Å². The first-order chi connectivity index (χ1) is 14.6. The van der Waals surface area contributed by atoms with E-state index in [4.69, 9.17) is 9.72 Å². The molecule has 2 aromatic heterocycles. The number of aryl methyl sites for hydroxylation is 2. The van der Waals surface area contributed by atoms with Crippen molar-refractivity contribution in [3.8, 4) is 5.75 Å². The second kappa shape index (κ2) is 9.22. The van der Waals surface area contributed by atoms with Gasteiger partial charge in [0.15, 0.2) is 5.16 Å². The predicted octanol–water partition coefficient (Wildman–Crippen LogP) is 4.49. The fraction of sp³-hybridized carbons (Fsp3) is 0.409. The van der Waals surface area contributed by atoms with E-state index in [9.17, 15) is 9.59 Å². The number of aromatic nitrogens is 2. The Bertz CT molecular complexity index is 1120. The molecule has 0 atom stereocenters. The van der Waals surface area contributed by atoms with E-state index >= 15 is 0 Å². The number of hydrogen-bond acceptors (Lipinski definition) is 6. The molecule has 4 rings (SSSR count). The van der Waals surface area contributed by atoms with Crippen molar-refractivity contribution in [3.63, 3.8) is 0 Å². The van der Waals surface area contributed by atoms with Gasteiger partial charge in [0.2, 0.25) is 5.91 Å². The highest BCUT2D eigenvalue weighted by molar-refractivity contribution is 7.99. The van der Waals surface area contributed by atoms with Gasteiger partial charge in [-0.3, -0.25) is 14.2 Å². The summed E-state index contributed by atoms with van der Waals surface area (Å²) in [5.41, 5.74) is 1.94. The molecule has 0 radical (unpaired) electrons. The third-order valence-corrected chi connectivity index (χ3v) is 7.30. The maximum absolute atomic E-state index is 13.1. The number of benzene rings is 1. The van der Waals surface area contributed by atoms with Crippen LogP contribution in [0.1, 0.15) is 37.1 Å². The lowest BCUT2D eigenvalue weighted by molar-refractivity contribution is -0.113. The number of nitrogens with zero attached hydrogens (tertiary/aromatic N) is 2. The van der Waals surface area contributed by atoms with Crippen molar-refractivity contribution in [1.29, 1.82) is 0 Å². The molecule has 3 aromatic rings. The second-order valence-electron chi connectivity index (χ2n) is 7.13. The Balaban J connectivity index is 1.50. The molecular weight excluding hydrogens is 418 g/mol. The largest absolute Gasteiger partial charge is 0.494 e. The minimum absolute atomic E-state index is 0.0244. The molecule has 1 aromatic carbocycles. The highest BCUT2D eigenvalue weighted by Crippen LogP contribution is 2.34. The van der Waals surface area contributed by atoms with E-state index in [-0.39, 0.29) is 17.2 Å². The molecule has 1 aliphatic rings. The molecule has 8 heteroatoms. The minimum Gasteiger partial charge on any atom is -0.494 e. The van der Waals surface area contributed by atoms with Crippen molar-refractivity contribution in [1.82, 2.24) is 9.55 Å². The lowest BCUT2D eigenvalue weighted by Crippen LogP contribution is -2.24. The van der Waals surface area contributed by atoms with Gasteiger partial charge in [0, 0.05) is 17.1 Å². The van der Waals surface area contributed by atoms with Crippen LogP contribution in [0, 0.1) is 0 Å². The summed E-state index contributed by atoms with van der Waals surface area (Å²) in [6.07, 6.45) is 4.31. The molecular formula is C22H25N3O3S2. The molecule has 0 saturated heterocycles. The van der Waals surface area contributed by atoms with Crippen LogP contribution >= 0.6 is 23.1 Å². The van der Waals surface area contributed by atoms with Crippen LogP contribution in [0.25, 0.3) is 10.2 Å². The van der Waals surface area contributed by atoms with Crippen molar-refractivity contribution in [2.45, 2.75) is 51.2 Å². The van der Waals surface area contributed by atoms with Crippen LogP contribution in [0.15, 0.2) is 34.2 Å². The number of hydrogen-bond donors (Lipinski definition) is 1. The lowest BCUT2D eigenvalue weighted by Gasteiger charge is -2.12. The SMILES string of the molecule is CCOc1ccc(NC(=O)CSc2nc3sc4c(c3c(=O)n2CC)CCCC4)cc1. The first-order valence-corrected chi connectivity index (χ1v) is 12.1. The fourth-order valence-corrected chi connectivity index (χ4v) is 5.90. The molecule has 1 amide bonds. The topological polar surface area (TPSA) is 73.2 Å². The van der Waals surface area contributed by atoms with E-state index in [0.29, 0.717) is 24.0 Å². The Hall–Kier alpha value is -2.32. The van der Waals surface area contributed by atoms with Crippen molar-refractivity contribution in [2.24, 2.45) is 0 Å². The molecule has 158 valence electrons. The van der Waals surface area contributed by atoms with E-state index < -0.39 is 0 Å². The summed E-state index contributed by atoms with van der Waals surface area (Å²) in [5, 5.41) is 4.28. The number of ether oxygens (including phenoxy) is 1. The summed E-state index contributed by atoms with van der Waals surface area (Å²) < 4.78 is 7.11. The third kappa shape index (κ3) is 4.25. The minimum atomic E-state index is -0.133. The van der Waals surface area contributed by atoms with Gasteiger partial charge in [0.1, 0.15) is 10.6 Å². The number of fused-ring (bicyclic) bond motifs is 3. The summed E-state index contributed by atoms with van der Waals surface area (Å²) in [6.45, 7) is 5.01. The highest BCUT2D eigenvalue weighted by atomic mass is 32.2. The number of anilines is 1. The number of carbonyl (C=O) groups excluding carboxylic acids is 1. The first kappa shape index (κ1) is 20.9. The van der Waals surface area contributed by atoms with Crippen LogP contribution in [0.4, 0.5) is 5.69 Å². The van der Waals surface area contributed by atoms with Gasteiger partial charge in [0.25, 0.3) is 5.56 Å². The molecule has 6 nitrogen and oxygen atoms in total. The molecule has 0 fully saturated rings. The molecule has 1 N–H and O–H groups in total. The molecule has 0 unspecified atom stereocenters. The molecule has 0 saturated carbocycles. The van der Waals surface area contributed by atoms with Crippen LogP contribution in [0.5, 0.6) is 5.75 Å². The summed E-state index contributed by atoms with van der Waals surface area (Å²) in [6, 6.07) is 7.29. The maximum Gasteiger partial charge on any atom is 0.263 e. The van der Waals surface area contributed by atoms with Crippen molar-refractivity contribution < 1.29 is 9.53 Å². The van der Waals surface area contributed by atoms with Crippen molar-refractivity contribution in [2.75, 3.05) is 17.7 Å². The van der Waals surface area contributed by atoms with Crippen LogP contribution in [0.2, 0.25) is 0 Å². The van der Waals surface area contributed by atoms with Crippen LogP contribution in [-0.4, -0.2) is 27.8 Å². The highest BCUT2D eigenvalue weighted by Gasteiger charge is 2.22. The van der Waals surface area contributed by atoms with Gasteiger partial charge >= 0.3 is 0 Å². The van der Waals surface area contributed by atoms with E-state index in [1.807, 2.05) is 38.1 Å². The maximum atomic E-state index is 13.1. The molecule has 0 spiro atoms. The van der Waals surface area contributed by atoms with Gasteiger partial charge in [-0.2, -0.15) is 0 Å². The first-order valence-electron chi connectivity index (χ1n) is 10.3. The molecule has 2 heterocycles. The van der Waals surface area contributed by atoms with Crippen LogP contribution < -0.4 is 15.6 Å². The normalized spacial score (nSPS) is 13.3. The number of amides is 1. The Labute approximate surface area is 183 Å². The van der Waals surface area contributed by atoms with E-state index in [2.05, 4.69) is 5.32 Å². The van der Waals surface area contributed by atoms with E-state index in [0.717, 1.165) is 35.2 Å². The van der Waals surface area contributed by atoms with Gasteiger partial charge in [-0.15, -0.1) is 11.3 Å². The number of rotatable bonds is 7. The third-order valence-electron chi connectivity index (χ3n) is 5.14. The van der Waals surface area contributed by atoms with Gasteiger partial charge in [-0.1, -0.05) is 11.8 Å². The monoisotopic (exact) mass is 443 g/mol. The van der Waals surface area contributed by atoms with Crippen molar-refractivity contribution in [3.05, 3.63) is 45.1 Å². The van der Waals surface area contributed by atoms with Crippen molar-refractivity contribution >= 4 is 44.9 Å². The standard InChI is InChI=1S/C22H25N3O3S2/c1-3-25-21(27)19-16-7-5-6-8-17(16)30-20(19)24-22(25)29-13-18(26)23-14-9-11-15(12-10-14)28-4-2/h9-12H,3-8,13H2,1-2H3,(H,23,26). The zero-order valence-corrected chi connectivity index (χ0v) is 18.8. The Morgan fingerprint density at radius 3 is 2.73 bits per heavy atom. The molecule has 0 bridgehead atoms. The number of thioether (sulfide) groups is 1. The van der Waals surface area contributed by atoms with Gasteiger partial charge in [0.05, 0.1) is 17.7 Å². The van der Waals surface area contributed by atoms with Crippen LogP contribution in [0.3, 0.4) is 0 Å². The summed E-state index contributed by atoms with van der Waals surface area (Å²) >= 11 is 2.95. The molecule has 1 aliphatic carbocycles. The van der Waals surface area contributed by atoms with Gasteiger partial charge in [-0.05, 0) is 69.4 Å². The average molecular weight is 444 g/mol. The molecule has 0 aliphatic heterocycles. The predicted molar refractivity (Wildman–Crippen MR) is 123 cm³/mol. The lowest BCUT2D eigenvalue weighted by atomic mass is 9.97. The number of thiophene rings is 1. The summed E-state index contributed by atoms with van der Waals surface area (Å²) in [7, 11) is 0. The number of nitrogens with one attached hydrogen (secondary N) is 1. The smallest absolute Gasteiger partial charge is 0.263 e. The summed E-state index contributed by atoms with van der Waals surface area (Å²) in [5.74, 6) is 0.829. The van der Waals surface area contributed by atoms with Crippen LogP contribution in [-0.2, 0) is 24.2 Å². The van der Waals surface area contributed by atoms with E-state index in [1.54, 1.807) is 15.9 Å². The zero-order valence-electron chi connectivity index (χ0n) is 17.2. The number of carbonyl (C=O) groups is 1. The zero-order chi connectivity index (χ0) is 21.1. The van der Waals surface area contributed by atoms with E-state index in [1.165, 1.54) is 28.6 Å². The molecule has 30 heavy (non-hydrogen) atoms. The fourth-order valence-electron chi connectivity index (χ4n) is 3.74. The Kier molecular flexibility index (Phi) is 6.43. The second-order valence-corrected chi connectivity index (χ2v) is 9.16. The Morgan fingerprint density at radius 2 is 2.00 bits per heavy atom. The Morgan fingerprint density at radius 1 is 1.23 bits per heavy atom.